The zero-order valence-corrected chi connectivity index (χ0v) is 22.5. The van der Waals surface area contributed by atoms with Crippen LogP contribution in [0.2, 0.25) is 0 Å². The minimum Gasteiger partial charge on any atom is -0.458 e. The van der Waals surface area contributed by atoms with Gasteiger partial charge in [0.15, 0.2) is 22.9 Å². The molecule has 10 nitrogen and oxygen atoms in total. The van der Waals surface area contributed by atoms with E-state index < -0.39 is 11.6 Å². The Hall–Kier alpha value is -3.76. The Kier molecular flexibility index (Phi) is 6.83. The number of cyclic esters (lactones) is 1. The Morgan fingerprint density at radius 2 is 2.00 bits per heavy atom. The van der Waals surface area contributed by atoms with Crippen molar-refractivity contribution in [3.8, 4) is 11.5 Å². The van der Waals surface area contributed by atoms with Crippen molar-refractivity contribution in [3.63, 3.8) is 0 Å². The molecule has 0 radical (unpaired) electrons. The van der Waals surface area contributed by atoms with Gasteiger partial charge in [-0.05, 0) is 73.3 Å². The molecule has 2 atom stereocenters. The largest absolute Gasteiger partial charge is 0.458 e. The Bertz CT molecular complexity index is 1490. The second kappa shape index (κ2) is 10.3. The third-order valence-electron chi connectivity index (χ3n) is 8.52. The molecule has 40 heavy (non-hydrogen) atoms. The van der Waals surface area contributed by atoms with E-state index in [2.05, 4.69) is 5.32 Å². The van der Waals surface area contributed by atoms with Crippen LogP contribution in [0.4, 0.5) is 0 Å². The molecule has 210 valence electrons. The number of aliphatic hydroxyl groups is 1. The average molecular weight is 548 g/mol. The first-order chi connectivity index (χ1) is 19.3. The maximum Gasteiger partial charge on any atom is 0.343 e. The van der Waals surface area contributed by atoms with Gasteiger partial charge in [-0.25, -0.2) is 9.78 Å². The normalized spacial score (nSPS) is 24.8. The minimum absolute atomic E-state index is 0.0545. The van der Waals surface area contributed by atoms with Crippen LogP contribution < -0.4 is 20.5 Å². The average Bonchev–Trinajstić information content (AvgIpc) is 3.43. The van der Waals surface area contributed by atoms with Crippen molar-refractivity contribution in [1.29, 1.82) is 0 Å². The predicted molar refractivity (Wildman–Crippen MR) is 146 cm³/mol. The van der Waals surface area contributed by atoms with Gasteiger partial charge in [0, 0.05) is 35.6 Å². The number of nitrogens with zero attached hydrogens (tertiary/aromatic N) is 1. The maximum atomic E-state index is 13.3. The third kappa shape index (κ3) is 4.45. The highest BCUT2D eigenvalue weighted by atomic mass is 16.7. The summed E-state index contributed by atoms with van der Waals surface area (Å²) in [6.07, 6.45) is 5.72. The number of allylic oxidation sites excluding steroid dienone is 1. The van der Waals surface area contributed by atoms with Crippen LogP contribution in [0.15, 0.2) is 29.4 Å². The van der Waals surface area contributed by atoms with E-state index in [9.17, 15) is 19.5 Å². The van der Waals surface area contributed by atoms with Crippen molar-refractivity contribution >= 4 is 34.1 Å². The van der Waals surface area contributed by atoms with Crippen LogP contribution in [0.25, 0.3) is 16.5 Å². The smallest absolute Gasteiger partial charge is 0.343 e. The number of nitrogens with one attached hydrogen (secondary N) is 1. The van der Waals surface area contributed by atoms with E-state index in [1.165, 1.54) is 0 Å². The number of carbonyl (C=O) groups excluding carboxylic acids is 3. The summed E-state index contributed by atoms with van der Waals surface area (Å²) in [7, 11) is 0. The summed E-state index contributed by atoms with van der Waals surface area (Å²) in [6, 6.07) is 3.86. The Balaban J connectivity index is 1.52. The van der Waals surface area contributed by atoms with Gasteiger partial charge in [0.25, 0.3) is 0 Å². The first-order valence-electron chi connectivity index (χ1n) is 13.9. The lowest BCUT2D eigenvalue weighted by molar-refractivity contribution is -0.163. The number of ketones is 1. The number of amides is 1. The molecule has 2 aromatic rings. The first-order valence-corrected chi connectivity index (χ1v) is 13.9. The second-order valence-corrected chi connectivity index (χ2v) is 10.9. The molecule has 2 aliphatic heterocycles. The molecule has 1 aromatic heterocycles. The number of Topliss-reactive ketones (excluding diaryl/α,β-unsaturated/α-hetero) is 1. The van der Waals surface area contributed by atoms with Gasteiger partial charge in [0.2, 0.25) is 12.7 Å². The summed E-state index contributed by atoms with van der Waals surface area (Å²) in [5.74, 6) is 0.467. The number of benzene rings is 1. The van der Waals surface area contributed by atoms with E-state index >= 15 is 0 Å². The highest BCUT2D eigenvalue weighted by molar-refractivity contribution is 6.02. The maximum absolute atomic E-state index is 13.3. The van der Waals surface area contributed by atoms with Gasteiger partial charge >= 0.3 is 5.97 Å². The first kappa shape index (κ1) is 26.5. The van der Waals surface area contributed by atoms with Crippen molar-refractivity contribution < 1.29 is 33.7 Å². The fourth-order valence-corrected chi connectivity index (χ4v) is 6.32. The Morgan fingerprint density at radius 3 is 2.77 bits per heavy atom. The van der Waals surface area contributed by atoms with Crippen LogP contribution in [0, 0.1) is 5.92 Å². The van der Waals surface area contributed by atoms with Crippen molar-refractivity contribution in [1.82, 2.24) is 10.3 Å². The van der Waals surface area contributed by atoms with Gasteiger partial charge in [0.1, 0.15) is 6.61 Å². The van der Waals surface area contributed by atoms with Crippen LogP contribution in [0.5, 0.6) is 11.5 Å². The van der Waals surface area contributed by atoms with Gasteiger partial charge in [-0.15, -0.1) is 0 Å². The molecular formula is C30H33N3O7. The summed E-state index contributed by atoms with van der Waals surface area (Å²) in [4.78, 5) is 42.8. The van der Waals surface area contributed by atoms with E-state index in [0.717, 1.165) is 39.7 Å². The van der Waals surface area contributed by atoms with Gasteiger partial charge < -0.3 is 30.4 Å². The number of ether oxygens (including phenoxy) is 3. The molecule has 0 saturated heterocycles. The van der Waals surface area contributed by atoms with E-state index in [1.807, 2.05) is 18.2 Å². The van der Waals surface area contributed by atoms with Crippen LogP contribution in [0.3, 0.4) is 0 Å². The number of carbonyl (C=O) groups is 3. The van der Waals surface area contributed by atoms with Crippen LogP contribution in [-0.2, 0) is 32.0 Å². The topological polar surface area (TPSA) is 150 Å². The van der Waals surface area contributed by atoms with E-state index in [1.54, 1.807) is 6.92 Å². The quantitative estimate of drug-likeness (QED) is 0.366. The van der Waals surface area contributed by atoms with Gasteiger partial charge in [0.05, 0.1) is 17.8 Å². The van der Waals surface area contributed by atoms with E-state index in [4.69, 9.17) is 24.9 Å². The molecule has 0 saturated carbocycles. The monoisotopic (exact) mass is 547 g/mol. The zero-order chi connectivity index (χ0) is 28.0. The van der Waals surface area contributed by atoms with Crippen molar-refractivity contribution in [2.75, 3.05) is 26.5 Å². The number of rotatable bonds is 6. The molecule has 3 heterocycles. The molecule has 6 rings (SSSR count). The molecule has 4 aliphatic rings. The molecule has 2 aliphatic carbocycles. The predicted octanol–water partition coefficient (Wildman–Crippen LogP) is 2.27. The molecule has 0 fully saturated rings. The SMILES string of the molecule is CC[C@@]1(O)C(=O)OCC2=C1/C=C1\CC(CCC2=O)Cc2c1nc1cc3c(cc1c2CCCNC(=O)CN)OCO3. The number of fused-ring (bicyclic) bond motifs is 6. The summed E-state index contributed by atoms with van der Waals surface area (Å²) in [5, 5.41) is 15.2. The molecule has 1 aromatic carbocycles. The van der Waals surface area contributed by atoms with Crippen LogP contribution in [-0.4, -0.2) is 59.8 Å². The fraction of sp³-hybridized carbons (Fsp3) is 0.467. The zero-order valence-electron chi connectivity index (χ0n) is 22.5. The minimum atomic E-state index is -1.89. The molecule has 4 N–H and O–H groups in total. The summed E-state index contributed by atoms with van der Waals surface area (Å²) < 4.78 is 16.6. The van der Waals surface area contributed by atoms with Crippen molar-refractivity contribution in [3.05, 3.63) is 46.2 Å². The number of esters is 1. The lowest BCUT2D eigenvalue weighted by Gasteiger charge is -2.33. The Morgan fingerprint density at radius 1 is 1.20 bits per heavy atom. The van der Waals surface area contributed by atoms with Gasteiger partial charge in [-0.1, -0.05) is 6.92 Å². The summed E-state index contributed by atoms with van der Waals surface area (Å²) >= 11 is 0. The molecular weight excluding hydrogens is 514 g/mol. The highest BCUT2D eigenvalue weighted by Gasteiger charge is 2.46. The number of aromatic nitrogens is 1. The summed E-state index contributed by atoms with van der Waals surface area (Å²) in [5.41, 5.74) is 8.92. The van der Waals surface area contributed by atoms with Crippen molar-refractivity contribution in [2.45, 2.75) is 57.5 Å². The molecule has 0 spiro atoms. The number of hydrogen-bond acceptors (Lipinski definition) is 9. The number of hydrogen-bond donors (Lipinski definition) is 3. The fourth-order valence-electron chi connectivity index (χ4n) is 6.32. The third-order valence-corrected chi connectivity index (χ3v) is 8.52. The molecule has 10 heteroatoms. The summed E-state index contributed by atoms with van der Waals surface area (Å²) in [6.45, 7) is 2.16. The molecule has 1 unspecified atom stereocenters. The number of nitrogens with two attached hydrogens (primary N) is 1. The Labute approximate surface area is 231 Å². The lowest BCUT2D eigenvalue weighted by Crippen LogP contribution is -2.46. The molecule has 2 bridgehead atoms. The standard InChI is InChI=1S/C30H33N3O7/c1-2-30(37)22-10-17-8-16(5-6-24(34)21(22)14-38-29(30)36)9-20-18(4-3-7-32-27(35)13-31)19-11-25-26(40-15-39-25)12-23(19)33-28(17)20/h10-12,16,37H,2-9,13-15,31H2,1H3,(H,32,35)/b17-10+/t16?,30-/m0/s1. The lowest BCUT2D eigenvalue weighted by atomic mass is 9.77. The second-order valence-electron chi connectivity index (χ2n) is 10.9. The van der Waals surface area contributed by atoms with Gasteiger partial charge in [-0.3, -0.25) is 9.59 Å². The molecule has 1 amide bonds. The number of aryl methyl sites for hydroxylation is 1. The van der Waals surface area contributed by atoms with E-state index in [-0.39, 0.29) is 44.0 Å². The number of pyridine rings is 1. The van der Waals surface area contributed by atoms with Crippen molar-refractivity contribution in [2.24, 2.45) is 11.7 Å². The van der Waals surface area contributed by atoms with E-state index in [0.29, 0.717) is 61.3 Å². The van der Waals surface area contributed by atoms with Gasteiger partial charge in [-0.2, -0.15) is 0 Å². The highest BCUT2D eigenvalue weighted by Crippen LogP contribution is 2.45. The van der Waals surface area contributed by atoms with Crippen LogP contribution in [0.1, 0.15) is 55.8 Å². The van der Waals surface area contributed by atoms with Crippen LogP contribution >= 0.6 is 0 Å².